The van der Waals surface area contributed by atoms with Gasteiger partial charge in [0.1, 0.15) is 0 Å². The molecule has 0 bridgehead atoms. The molecule has 2 aromatic rings. The standard InChI is InChI=1S/C19H22N2O3S/c1-20-19(22)17-9-7-16(8-10-17)14-21-18(11-12-25(21,23)24)13-15-5-3-2-4-6-15/h2-10,18H,11-14H2,1H3,(H,20,22). The van der Waals surface area contributed by atoms with Crippen molar-refractivity contribution in [1.82, 2.24) is 9.62 Å². The number of carbonyl (C=O) groups is 1. The van der Waals surface area contributed by atoms with E-state index in [1.165, 1.54) is 0 Å². The summed E-state index contributed by atoms with van der Waals surface area (Å²) in [6.07, 6.45) is 1.37. The lowest BCUT2D eigenvalue weighted by atomic mass is 10.0. The molecule has 3 rings (SSSR count). The Labute approximate surface area is 148 Å². The summed E-state index contributed by atoms with van der Waals surface area (Å²) in [5, 5.41) is 2.58. The number of nitrogens with zero attached hydrogens (tertiary/aromatic N) is 1. The summed E-state index contributed by atoms with van der Waals surface area (Å²) in [7, 11) is -1.65. The largest absolute Gasteiger partial charge is 0.355 e. The molecule has 5 nitrogen and oxygen atoms in total. The highest BCUT2D eigenvalue weighted by molar-refractivity contribution is 7.89. The van der Waals surface area contributed by atoms with E-state index in [9.17, 15) is 13.2 Å². The van der Waals surface area contributed by atoms with E-state index in [2.05, 4.69) is 5.32 Å². The predicted octanol–water partition coefficient (Wildman–Crippen LogP) is 2.19. The maximum atomic E-state index is 12.5. The van der Waals surface area contributed by atoms with E-state index < -0.39 is 10.0 Å². The van der Waals surface area contributed by atoms with Gasteiger partial charge in [-0.15, -0.1) is 0 Å². The normalized spacial score (nSPS) is 19.6. The van der Waals surface area contributed by atoms with Crippen LogP contribution in [0.15, 0.2) is 54.6 Å². The van der Waals surface area contributed by atoms with Crippen LogP contribution in [0.3, 0.4) is 0 Å². The van der Waals surface area contributed by atoms with Gasteiger partial charge >= 0.3 is 0 Å². The highest BCUT2D eigenvalue weighted by Crippen LogP contribution is 2.26. The molecule has 1 heterocycles. The number of hydrogen-bond acceptors (Lipinski definition) is 3. The summed E-state index contributed by atoms with van der Waals surface area (Å²) in [6, 6.07) is 17.0. The molecule has 25 heavy (non-hydrogen) atoms. The topological polar surface area (TPSA) is 66.5 Å². The van der Waals surface area contributed by atoms with Gasteiger partial charge in [0.05, 0.1) is 5.75 Å². The third-order valence-electron chi connectivity index (χ3n) is 4.57. The van der Waals surface area contributed by atoms with Gasteiger partial charge < -0.3 is 5.32 Å². The molecule has 0 spiro atoms. The summed E-state index contributed by atoms with van der Waals surface area (Å²) >= 11 is 0. The van der Waals surface area contributed by atoms with Gasteiger partial charge in [-0.2, -0.15) is 4.31 Å². The monoisotopic (exact) mass is 358 g/mol. The first-order chi connectivity index (χ1) is 12.0. The Morgan fingerprint density at radius 3 is 2.40 bits per heavy atom. The zero-order chi connectivity index (χ0) is 17.9. The van der Waals surface area contributed by atoms with Gasteiger partial charge in [-0.1, -0.05) is 42.5 Å². The van der Waals surface area contributed by atoms with Crippen LogP contribution in [-0.2, 0) is 23.0 Å². The van der Waals surface area contributed by atoms with Crippen molar-refractivity contribution in [2.45, 2.75) is 25.4 Å². The van der Waals surface area contributed by atoms with E-state index >= 15 is 0 Å². The summed E-state index contributed by atoms with van der Waals surface area (Å²) in [6.45, 7) is 0.341. The zero-order valence-electron chi connectivity index (χ0n) is 14.2. The molecular weight excluding hydrogens is 336 g/mol. The van der Waals surface area contributed by atoms with Crippen molar-refractivity contribution in [3.63, 3.8) is 0 Å². The zero-order valence-corrected chi connectivity index (χ0v) is 15.0. The lowest BCUT2D eigenvalue weighted by Crippen LogP contribution is -2.34. The van der Waals surface area contributed by atoms with Gasteiger partial charge in [0.15, 0.2) is 0 Å². The van der Waals surface area contributed by atoms with E-state index in [1.807, 2.05) is 42.5 Å². The van der Waals surface area contributed by atoms with Crippen LogP contribution in [0.1, 0.15) is 27.9 Å². The van der Waals surface area contributed by atoms with Crippen molar-refractivity contribution in [2.24, 2.45) is 0 Å². The second-order valence-corrected chi connectivity index (χ2v) is 8.31. The first-order valence-corrected chi connectivity index (χ1v) is 9.95. The average Bonchev–Trinajstić information content (AvgIpc) is 2.90. The minimum atomic E-state index is -3.23. The fourth-order valence-corrected chi connectivity index (χ4v) is 4.96. The van der Waals surface area contributed by atoms with Crippen molar-refractivity contribution >= 4 is 15.9 Å². The molecule has 2 aromatic carbocycles. The Bertz CT molecular complexity index is 833. The summed E-state index contributed by atoms with van der Waals surface area (Å²) in [5.41, 5.74) is 2.59. The van der Waals surface area contributed by atoms with Gasteiger partial charge in [-0.3, -0.25) is 4.79 Å². The van der Waals surface area contributed by atoms with Crippen molar-refractivity contribution in [1.29, 1.82) is 0 Å². The molecule has 0 radical (unpaired) electrons. The van der Waals surface area contributed by atoms with Crippen molar-refractivity contribution in [3.05, 3.63) is 71.3 Å². The molecule has 1 saturated heterocycles. The summed E-state index contributed by atoms with van der Waals surface area (Å²) < 4.78 is 26.5. The predicted molar refractivity (Wildman–Crippen MR) is 97.7 cm³/mol. The Morgan fingerprint density at radius 1 is 1.08 bits per heavy atom. The molecule has 0 saturated carbocycles. The molecule has 1 unspecified atom stereocenters. The molecule has 1 atom stereocenters. The molecule has 0 aromatic heterocycles. The van der Waals surface area contributed by atoms with Crippen LogP contribution in [-0.4, -0.2) is 37.5 Å². The SMILES string of the molecule is CNC(=O)c1ccc(CN2C(Cc3ccccc3)CCS2(=O)=O)cc1. The molecule has 1 aliphatic heterocycles. The molecule has 132 valence electrons. The number of rotatable bonds is 5. The van der Waals surface area contributed by atoms with Crippen molar-refractivity contribution in [2.75, 3.05) is 12.8 Å². The van der Waals surface area contributed by atoms with Crippen molar-refractivity contribution < 1.29 is 13.2 Å². The molecule has 1 amide bonds. The van der Waals surface area contributed by atoms with Crippen LogP contribution < -0.4 is 5.32 Å². The summed E-state index contributed by atoms with van der Waals surface area (Å²) in [5.74, 6) is 0.0446. The van der Waals surface area contributed by atoms with Gasteiger partial charge in [0, 0.05) is 25.2 Å². The smallest absolute Gasteiger partial charge is 0.251 e. The number of nitrogens with one attached hydrogen (secondary N) is 1. The van der Waals surface area contributed by atoms with E-state index in [0.717, 1.165) is 17.5 Å². The average molecular weight is 358 g/mol. The minimum absolute atomic E-state index is 0.0222. The molecule has 1 N–H and O–H groups in total. The second kappa shape index (κ2) is 7.37. The van der Waals surface area contributed by atoms with Crippen LogP contribution >= 0.6 is 0 Å². The van der Waals surface area contributed by atoms with Crippen LogP contribution in [0.25, 0.3) is 0 Å². The number of benzene rings is 2. The van der Waals surface area contributed by atoms with Gasteiger partial charge in [-0.05, 0) is 36.1 Å². The lowest BCUT2D eigenvalue weighted by molar-refractivity contribution is 0.0963. The molecule has 6 heteroatoms. The molecule has 1 aliphatic rings. The quantitative estimate of drug-likeness (QED) is 0.891. The van der Waals surface area contributed by atoms with Crippen LogP contribution in [0, 0.1) is 0 Å². The molecular formula is C19H22N2O3S. The maximum absolute atomic E-state index is 12.5. The van der Waals surface area contributed by atoms with Crippen molar-refractivity contribution in [3.8, 4) is 0 Å². The van der Waals surface area contributed by atoms with Gasteiger partial charge in [0.25, 0.3) is 5.91 Å². The highest BCUT2D eigenvalue weighted by atomic mass is 32.2. The van der Waals surface area contributed by atoms with E-state index in [0.29, 0.717) is 18.5 Å². The van der Waals surface area contributed by atoms with E-state index in [4.69, 9.17) is 0 Å². The molecule has 1 fully saturated rings. The number of carbonyl (C=O) groups excluding carboxylic acids is 1. The highest BCUT2D eigenvalue weighted by Gasteiger charge is 2.37. The third-order valence-corrected chi connectivity index (χ3v) is 6.46. The van der Waals surface area contributed by atoms with Crippen LogP contribution in [0.4, 0.5) is 0 Å². The van der Waals surface area contributed by atoms with E-state index in [-0.39, 0.29) is 17.7 Å². The number of sulfonamides is 1. The summed E-state index contributed by atoms with van der Waals surface area (Å²) in [4.78, 5) is 11.6. The lowest BCUT2D eigenvalue weighted by Gasteiger charge is -2.23. The second-order valence-electron chi connectivity index (χ2n) is 6.27. The Morgan fingerprint density at radius 2 is 1.76 bits per heavy atom. The van der Waals surface area contributed by atoms with E-state index in [1.54, 1.807) is 23.5 Å². The molecule has 0 aliphatic carbocycles. The Kier molecular flexibility index (Phi) is 5.20. The van der Waals surface area contributed by atoms with Crippen LogP contribution in [0.2, 0.25) is 0 Å². The Balaban J connectivity index is 1.76. The first-order valence-electron chi connectivity index (χ1n) is 8.34. The Hall–Kier alpha value is -2.18. The fraction of sp³-hybridized carbons (Fsp3) is 0.316. The van der Waals surface area contributed by atoms with Crippen LogP contribution in [0.5, 0.6) is 0 Å². The maximum Gasteiger partial charge on any atom is 0.251 e. The third kappa shape index (κ3) is 4.08. The first kappa shape index (κ1) is 17.6. The van der Waals surface area contributed by atoms with Gasteiger partial charge in [-0.25, -0.2) is 8.42 Å². The number of hydrogen-bond donors (Lipinski definition) is 1. The number of amides is 1. The fourth-order valence-electron chi connectivity index (χ4n) is 3.18. The minimum Gasteiger partial charge on any atom is -0.355 e. The van der Waals surface area contributed by atoms with Gasteiger partial charge in [0.2, 0.25) is 10.0 Å².